The van der Waals surface area contributed by atoms with E-state index in [1.165, 1.54) is 41.5 Å². The van der Waals surface area contributed by atoms with Crippen LogP contribution in [-0.4, -0.2) is 83.3 Å². The molecule has 1 heterocycles. The molecule has 0 aromatic heterocycles. The van der Waals surface area contributed by atoms with Crippen LogP contribution >= 0.6 is 0 Å². The predicted octanol–water partition coefficient (Wildman–Crippen LogP) is 7.24. The van der Waals surface area contributed by atoms with E-state index in [1.807, 2.05) is 0 Å². The molecule has 1 aliphatic rings. The minimum absolute atomic E-state index is 0.223. The van der Waals surface area contributed by atoms with Crippen LogP contribution in [0.25, 0.3) is 0 Å². The quantitative estimate of drug-likeness (QED) is 0.200. The van der Waals surface area contributed by atoms with Crippen molar-refractivity contribution in [2.45, 2.75) is 90.6 Å². The lowest BCUT2D eigenvalue weighted by molar-refractivity contribution is -0.171. The van der Waals surface area contributed by atoms with Crippen molar-refractivity contribution < 1.29 is 69.2 Å². The van der Waals surface area contributed by atoms with Crippen molar-refractivity contribution in [3.63, 3.8) is 0 Å². The third-order valence-electron chi connectivity index (χ3n) is 7.00. The molecular formula is C33H38F7N3O8. The number of ether oxygens (including phenoxy) is 3. The van der Waals surface area contributed by atoms with Gasteiger partial charge in [-0.1, -0.05) is 30.3 Å². The Morgan fingerprint density at radius 3 is 2.02 bits per heavy atom. The first kappa shape index (κ1) is 40.7. The highest BCUT2D eigenvalue weighted by molar-refractivity contribution is 6.03. The van der Waals surface area contributed by atoms with Gasteiger partial charge in [-0.3, -0.25) is 19.4 Å². The summed E-state index contributed by atoms with van der Waals surface area (Å²) in [6.07, 6.45) is -15.6. The maximum atomic E-state index is 16.7. The summed E-state index contributed by atoms with van der Waals surface area (Å²) >= 11 is 0. The Morgan fingerprint density at radius 1 is 0.922 bits per heavy atom. The Kier molecular flexibility index (Phi) is 12.1. The van der Waals surface area contributed by atoms with Crippen molar-refractivity contribution in [3.8, 4) is 5.75 Å². The van der Waals surface area contributed by atoms with Gasteiger partial charge in [0, 0.05) is 31.1 Å². The lowest BCUT2D eigenvalue weighted by Crippen LogP contribution is -2.48. The van der Waals surface area contributed by atoms with E-state index in [9.17, 15) is 50.6 Å². The van der Waals surface area contributed by atoms with Crippen LogP contribution in [0.3, 0.4) is 0 Å². The molecule has 18 heteroatoms. The smallest absolute Gasteiger partial charge is 0.471 e. The van der Waals surface area contributed by atoms with Gasteiger partial charge in [0.2, 0.25) is 0 Å². The number of alkyl halides is 6. The molecule has 3 amide bonds. The van der Waals surface area contributed by atoms with Crippen molar-refractivity contribution in [2.24, 2.45) is 0 Å². The zero-order valence-electron chi connectivity index (χ0n) is 28.6. The zero-order chi connectivity index (χ0) is 38.7. The third-order valence-corrected chi connectivity index (χ3v) is 7.00. The highest BCUT2D eigenvalue weighted by atomic mass is 19.4. The lowest BCUT2D eigenvalue weighted by atomic mass is 10.1. The van der Waals surface area contributed by atoms with Crippen LogP contribution in [0.5, 0.6) is 5.75 Å². The summed E-state index contributed by atoms with van der Waals surface area (Å²) < 4.78 is 114. The molecular weight excluding hydrogens is 699 g/mol. The van der Waals surface area contributed by atoms with Gasteiger partial charge >= 0.3 is 36.4 Å². The number of nitrogens with zero attached hydrogens (tertiary/aromatic N) is 3. The van der Waals surface area contributed by atoms with E-state index in [-0.39, 0.29) is 4.90 Å². The second-order valence-electron chi connectivity index (χ2n) is 13.6. The van der Waals surface area contributed by atoms with Gasteiger partial charge in [-0.05, 0) is 47.1 Å². The summed E-state index contributed by atoms with van der Waals surface area (Å²) in [6.45, 7) is 4.95. The fraction of sp³-hybridized carbons (Fsp3) is 0.515. The number of rotatable bonds is 10. The van der Waals surface area contributed by atoms with Gasteiger partial charge in [0.05, 0.1) is 18.2 Å². The number of fused-ring (bicyclic) bond motifs is 1. The van der Waals surface area contributed by atoms with Crippen LogP contribution in [0, 0.1) is 5.82 Å². The van der Waals surface area contributed by atoms with Gasteiger partial charge in [-0.2, -0.15) is 26.3 Å². The summed E-state index contributed by atoms with van der Waals surface area (Å²) in [6, 6.07) is 7.30. The SMILES string of the molecule is CC(C)(C)OC(=O)CN(C(=O)C(F)(F)F)c1c(OCc2ccccc2)cc2c(c1F)C[C@H](CN(CCC(F)(F)F)C(=O)OC(C)(C)C)N2C(=O)O. The summed E-state index contributed by atoms with van der Waals surface area (Å²) in [5.41, 5.74) is -4.19. The molecule has 0 saturated heterocycles. The van der Waals surface area contributed by atoms with Crippen molar-refractivity contribution >= 4 is 35.4 Å². The summed E-state index contributed by atoms with van der Waals surface area (Å²) in [5.74, 6) is -6.38. The van der Waals surface area contributed by atoms with Crippen LogP contribution in [0.1, 0.15) is 59.1 Å². The van der Waals surface area contributed by atoms with Crippen molar-refractivity contribution in [3.05, 3.63) is 53.3 Å². The van der Waals surface area contributed by atoms with Crippen LogP contribution in [0.15, 0.2) is 36.4 Å². The largest absolute Gasteiger partial charge is 0.487 e. The Labute approximate surface area is 288 Å². The number of benzene rings is 2. The average Bonchev–Trinajstić information content (AvgIpc) is 3.33. The van der Waals surface area contributed by atoms with Crippen LogP contribution in [0.2, 0.25) is 0 Å². The first-order chi connectivity index (χ1) is 23.3. The van der Waals surface area contributed by atoms with Gasteiger partial charge in [-0.15, -0.1) is 0 Å². The number of carbonyl (C=O) groups excluding carboxylic acids is 3. The molecule has 2 aromatic carbocycles. The first-order valence-electron chi connectivity index (χ1n) is 15.5. The molecule has 51 heavy (non-hydrogen) atoms. The van der Waals surface area contributed by atoms with Crippen molar-refractivity contribution in [2.75, 3.05) is 29.4 Å². The number of hydrogen-bond acceptors (Lipinski definition) is 7. The van der Waals surface area contributed by atoms with Crippen LogP contribution in [-0.2, 0) is 32.1 Å². The minimum atomic E-state index is -5.65. The molecule has 0 fully saturated rings. The molecule has 1 N–H and O–H groups in total. The Hall–Kier alpha value is -4.77. The Morgan fingerprint density at radius 2 is 1.51 bits per heavy atom. The van der Waals surface area contributed by atoms with E-state index in [1.54, 1.807) is 30.3 Å². The standard InChI is InChI=1S/C33H38F7N3O8/c1-30(2,3)50-24(44)17-42(27(45)33(38,39)40)26-23(49-18-19-10-8-7-9-11-19)15-22-21(25(26)34)14-20(43(22)28(46)47)16-41(13-12-32(35,36)37)29(48)51-31(4,5)6/h7-11,15,20H,12-14,16-18H2,1-6H3,(H,46,47)/t20-/m1/s1. The van der Waals surface area contributed by atoms with Gasteiger partial charge in [0.1, 0.15) is 35.8 Å². The molecule has 0 aliphatic carbocycles. The van der Waals surface area contributed by atoms with Crippen molar-refractivity contribution in [1.29, 1.82) is 0 Å². The third kappa shape index (κ3) is 11.4. The normalized spacial score (nSPS) is 14.8. The Bertz CT molecular complexity index is 1600. The second-order valence-corrected chi connectivity index (χ2v) is 13.6. The molecule has 0 unspecified atom stereocenters. The van der Waals surface area contributed by atoms with Gasteiger partial charge < -0.3 is 24.2 Å². The van der Waals surface area contributed by atoms with E-state index >= 15 is 4.39 Å². The number of halogens is 7. The topological polar surface area (TPSA) is 126 Å². The molecule has 0 spiro atoms. The average molecular weight is 738 g/mol. The first-order valence-corrected chi connectivity index (χ1v) is 15.5. The summed E-state index contributed by atoms with van der Waals surface area (Å²) in [4.78, 5) is 52.0. The molecule has 0 radical (unpaired) electrons. The molecule has 0 bridgehead atoms. The number of carboxylic acid groups (broad SMARTS) is 1. The lowest BCUT2D eigenvalue weighted by Gasteiger charge is -2.32. The summed E-state index contributed by atoms with van der Waals surface area (Å²) in [5, 5.41) is 10.2. The summed E-state index contributed by atoms with van der Waals surface area (Å²) in [7, 11) is 0. The van der Waals surface area contributed by atoms with Gasteiger partial charge in [0.25, 0.3) is 0 Å². The van der Waals surface area contributed by atoms with E-state index in [2.05, 4.69) is 0 Å². The Balaban J connectivity index is 2.20. The van der Waals surface area contributed by atoms with Gasteiger partial charge in [-0.25, -0.2) is 14.0 Å². The number of hydrogen-bond donors (Lipinski definition) is 1. The van der Waals surface area contributed by atoms with Crippen molar-refractivity contribution in [1.82, 2.24) is 4.90 Å². The molecule has 282 valence electrons. The van der Waals surface area contributed by atoms with E-state index in [0.29, 0.717) is 15.4 Å². The molecule has 1 atom stereocenters. The minimum Gasteiger partial charge on any atom is -0.487 e. The fourth-order valence-electron chi connectivity index (χ4n) is 5.09. The van der Waals surface area contributed by atoms with Crippen LogP contribution < -0.4 is 14.5 Å². The zero-order valence-corrected chi connectivity index (χ0v) is 28.6. The maximum absolute atomic E-state index is 16.7. The van der Waals surface area contributed by atoms with E-state index < -0.39 is 121 Å². The highest BCUT2D eigenvalue weighted by Crippen LogP contribution is 2.45. The predicted molar refractivity (Wildman–Crippen MR) is 168 cm³/mol. The number of anilines is 2. The molecule has 2 aromatic rings. The molecule has 0 saturated carbocycles. The fourth-order valence-corrected chi connectivity index (χ4v) is 5.09. The monoisotopic (exact) mass is 737 g/mol. The van der Waals surface area contributed by atoms with Crippen LogP contribution in [0.4, 0.5) is 51.7 Å². The molecule has 11 nitrogen and oxygen atoms in total. The number of amides is 3. The van der Waals surface area contributed by atoms with Gasteiger partial charge in [0.15, 0.2) is 5.82 Å². The second kappa shape index (κ2) is 15.2. The molecule has 1 aliphatic heterocycles. The maximum Gasteiger partial charge on any atom is 0.471 e. The van der Waals surface area contributed by atoms with E-state index in [0.717, 1.165) is 6.07 Å². The highest BCUT2D eigenvalue weighted by Gasteiger charge is 2.48. The van der Waals surface area contributed by atoms with E-state index in [4.69, 9.17) is 14.2 Å². The number of carbonyl (C=O) groups is 4. The number of esters is 1. The molecule has 3 rings (SSSR count).